The molecule has 0 radical (unpaired) electrons. The second-order valence-corrected chi connectivity index (χ2v) is 8.24. The van der Waals surface area contributed by atoms with Crippen molar-refractivity contribution in [3.8, 4) is 0 Å². The van der Waals surface area contributed by atoms with Crippen LogP contribution >= 0.6 is 0 Å². The fraction of sp³-hybridized carbons (Fsp3) is 0.789. The maximum absolute atomic E-state index is 11.6. The first-order chi connectivity index (χ1) is 11.0. The summed E-state index contributed by atoms with van der Waals surface area (Å²) in [5.41, 5.74) is 0.315. The number of carboxylic acid groups (broad SMARTS) is 1. The molecule has 24 heavy (non-hydrogen) atoms. The largest absolute Gasteiger partial charge is 0.478 e. The number of carbonyl (C=O) groups excluding carboxylic acids is 1. The van der Waals surface area contributed by atoms with Crippen LogP contribution in [0.15, 0.2) is 12.2 Å². The number of hydrogen-bond donors (Lipinski definition) is 2. The molecule has 0 bridgehead atoms. The molecule has 0 aromatic rings. The average molecular weight is 339 g/mol. The first-order valence-corrected chi connectivity index (χ1v) is 8.94. The van der Waals surface area contributed by atoms with E-state index in [-0.39, 0.29) is 17.2 Å². The summed E-state index contributed by atoms with van der Waals surface area (Å²) in [4.78, 5) is 22.0. The molecule has 1 heterocycles. The van der Waals surface area contributed by atoms with Crippen LogP contribution in [0.2, 0.25) is 0 Å². The van der Waals surface area contributed by atoms with Crippen LogP contribution in [0.1, 0.15) is 73.1 Å². The van der Waals surface area contributed by atoms with E-state index in [0.717, 1.165) is 50.7 Å². The highest BCUT2D eigenvalue weighted by Gasteiger charge is 2.37. The average Bonchev–Trinajstić information content (AvgIpc) is 2.40. The number of aliphatic carboxylic acids is 1. The van der Waals surface area contributed by atoms with Crippen molar-refractivity contribution in [3.63, 3.8) is 0 Å². The summed E-state index contributed by atoms with van der Waals surface area (Å²) in [5.74, 6) is -1.04. The summed E-state index contributed by atoms with van der Waals surface area (Å²) >= 11 is 0. The molecular formula is C19H33NO4. The highest BCUT2D eigenvalue weighted by molar-refractivity contribution is 5.90. The molecule has 2 N–H and O–H groups in total. The van der Waals surface area contributed by atoms with Gasteiger partial charge in [0.25, 0.3) is 0 Å². The molecule has 0 aromatic heterocycles. The Morgan fingerprint density at radius 3 is 2.29 bits per heavy atom. The molecule has 0 spiro atoms. The number of carboxylic acids is 1. The van der Waals surface area contributed by atoms with Gasteiger partial charge in [0.1, 0.15) is 6.10 Å². The third kappa shape index (κ3) is 7.95. The van der Waals surface area contributed by atoms with Crippen molar-refractivity contribution in [2.45, 2.75) is 90.3 Å². The molecule has 138 valence electrons. The van der Waals surface area contributed by atoms with Crippen molar-refractivity contribution < 1.29 is 19.4 Å². The zero-order valence-electron chi connectivity index (χ0n) is 15.7. The second-order valence-electron chi connectivity index (χ2n) is 8.24. The topological polar surface area (TPSA) is 75.6 Å². The van der Waals surface area contributed by atoms with E-state index < -0.39 is 11.9 Å². The summed E-state index contributed by atoms with van der Waals surface area (Å²) in [6.07, 6.45) is 7.70. The van der Waals surface area contributed by atoms with E-state index >= 15 is 0 Å². The molecule has 1 rings (SSSR count). The van der Waals surface area contributed by atoms with Gasteiger partial charge in [0.05, 0.1) is 0 Å². The minimum atomic E-state index is -1.14. The number of nitrogens with one attached hydrogen (secondary N) is 1. The maximum Gasteiger partial charge on any atom is 0.331 e. The van der Waals surface area contributed by atoms with Gasteiger partial charge in [0, 0.05) is 23.2 Å². The van der Waals surface area contributed by atoms with Crippen molar-refractivity contribution >= 4 is 11.9 Å². The summed E-state index contributed by atoms with van der Waals surface area (Å²) < 4.78 is 5.32. The highest BCUT2D eigenvalue weighted by Crippen LogP contribution is 2.35. The number of esters is 1. The zero-order valence-corrected chi connectivity index (χ0v) is 15.7. The molecule has 5 heteroatoms. The van der Waals surface area contributed by atoms with Crippen molar-refractivity contribution in [1.82, 2.24) is 5.32 Å². The zero-order chi connectivity index (χ0) is 18.4. The van der Waals surface area contributed by atoms with Crippen LogP contribution in [-0.4, -0.2) is 34.2 Å². The quantitative estimate of drug-likeness (QED) is 0.521. The Labute approximate surface area is 145 Å². The van der Waals surface area contributed by atoms with Crippen molar-refractivity contribution in [3.05, 3.63) is 12.2 Å². The minimum Gasteiger partial charge on any atom is -0.478 e. The number of piperidine rings is 1. The van der Waals surface area contributed by atoms with Gasteiger partial charge in [0.15, 0.2) is 0 Å². The second kappa shape index (κ2) is 8.65. The van der Waals surface area contributed by atoms with E-state index in [0.29, 0.717) is 5.92 Å². The molecule has 1 aliphatic rings. The fourth-order valence-corrected chi connectivity index (χ4v) is 4.06. The maximum atomic E-state index is 11.6. The lowest BCUT2D eigenvalue weighted by molar-refractivity contribution is -0.144. The van der Waals surface area contributed by atoms with Gasteiger partial charge in [-0.3, -0.25) is 0 Å². The summed E-state index contributed by atoms with van der Waals surface area (Å²) in [6.45, 7) is 11.0. The lowest BCUT2D eigenvalue weighted by Gasteiger charge is -2.46. The summed E-state index contributed by atoms with van der Waals surface area (Å²) in [5, 5.41) is 12.2. The monoisotopic (exact) mass is 339 g/mol. The number of carbonyl (C=O) groups is 2. The molecule has 1 unspecified atom stereocenters. The van der Waals surface area contributed by atoms with Crippen molar-refractivity contribution in [2.75, 3.05) is 0 Å². The van der Waals surface area contributed by atoms with E-state index in [1.807, 2.05) is 6.92 Å². The molecule has 1 aliphatic heterocycles. The third-order valence-electron chi connectivity index (χ3n) is 4.51. The van der Waals surface area contributed by atoms with E-state index in [9.17, 15) is 9.59 Å². The van der Waals surface area contributed by atoms with Gasteiger partial charge in [-0.25, -0.2) is 9.59 Å². The Bertz CT molecular complexity index is 452. The van der Waals surface area contributed by atoms with Gasteiger partial charge in [-0.15, -0.1) is 0 Å². The van der Waals surface area contributed by atoms with Crippen molar-refractivity contribution in [1.29, 1.82) is 0 Å². The Morgan fingerprint density at radius 1 is 1.21 bits per heavy atom. The van der Waals surface area contributed by atoms with Gasteiger partial charge in [-0.2, -0.15) is 0 Å². The first-order valence-electron chi connectivity index (χ1n) is 8.94. The van der Waals surface area contributed by atoms with Crippen LogP contribution in [0.3, 0.4) is 0 Å². The molecule has 1 saturated heterocycles. The number of rotatable bonds is 8. The lowest BCUT2D eigenvalue weighted by Crippen LogP contribution is -2.57. The van der Waals surface area contributed by atoms with Gasteiger partial charge in [0.2, 0.25) is 0 Å². The lowest BCUT2D eigenvalue weighted by atomic mass is 9.74. The molecule has 0 amide bonds. The fourth-order valence-electron chi connectivity index (χ4n) is 4.06. The van der Waals surface area contributed by atoms with E-state index in [4.69, 9.17) is 9.84 Å². The summed E-state index contributed by atoms with van der Waals surface area (Å²) in [7, 11) is 0. The molecule has 5 nitrogen and oxygen atoms in total. The molecule has 1 atom stereocenters. The number of ether oxygens (including phenoxy) is 1. The number of hydrogen-bond acceptors (Lipinski definition) is 4. The van der Waals surface area contributed by atoms with E-state index in [1.54, 1.807) is 0 Å². The van der Waals surface area contributed by atoms with Crippen molar-refractivity contribution in [2.24, 2.45) is 5.92 Å². The minimum absolute atomic E-state index is 0.140. The van der Waals surface area contributed by atoms with Gasteiger partial charge in [-0.1, -0.05) is 13.3 Å². The van der Waals surface area contributed by atoms with Crippen LogP contribution in [0, 0.1) is 5.92 Å². The van der Waals surface area contributed by atoms with Crippen LogP contribution in [0.4, 0.5) is 0 Å². The van der Waals surface area contributed by atoms with Gasteiger partial charge < -0.3 is 15.2 Å². The van der Waals surface area contributed by atoms with Crippen LogP contribution < -0.4 is 5.32 Å². The Kier molecular flexibility index (Phi) is 7.46. The Balaban J connectivity index is 2.41. The normalized spacial score (nSPS) is 21.5. The molecule has 0 saturated carbocycles. The van der Waals surface area contributed by atoms with Crippen LogP contribution in [0.25, 0.3) is 0 Å². The first kappa shape index (κ1) is 20.7. The SMILES string of the molecule is CCC(CCCC1CC(C)(C)NC(C)(C)C1)OC(=O)C=CC(=O)O. The van der Waals surface area contributed by atoms with Gasteiger partial charge >= 0.3 is 11.9 Å². The highest BCUT2D eigenvalue weighted by atomic mass is 16.5. The third-order valence-corrected chi connectivity index (χ3v) is 4.51. The summed E-state index contributed by atoms with van der Waals surface area (Å²) in [6, 6.07) is 0. The predicted octanol–water partition coefficient (Wildman–Crippen LogP) is 3.68. The molecule has 1 fully saturated rings. The van der Waals surface area contributed by atoms with E-state index in [1.165, 1.54) is 0 Å². The Hall–Kier alpha value is -1.36. The van der Waals surface area contributed by atoms with Crippen LogP contribution in [0.5, 0.6) is 0 Å². The molecule has 0 aliphatic carbocycles. The van der Waals surface area contributed by atoms with Crippen LogP contribution in [-0.2, 0) is 14.3 Å². The molecule has 0 aromatic carbocycles. The Morgan fingerprint density at radius 2 is 1.79 bits per heavy atom. The molecular weight excluding hydrogens is 306 g/mol. The van der Waals surface area contributed by atoms with E-state index in [2.05, 4.69) is 33.0 Å². The van der Waals surface area contributed by atoms with Gasteiger partial charge in [-0.05, 0) is 65.7 Å². The standard InChI is InChI=1S/C19H33NO4/c1-6-15(24-17(23)11-10-16(21)22)9-7-8-14-12-18(2,3)20-19(4,5)13-14/h10-11,14-15,20H,6-9,12-13H2,1-5H3,(H,21,22). The smallest absolute Gasteiger partial charge is 0.331 e. The predicted molar refractivity (Wildman–Crippen MR) is 94.8 cm³/mol.